The summed E-state index contributed by atoms with van der Waals surface area (Å²) in [5, 5.41) is 4.41. The third-order valence-electron chi connectivity index (χ3n) is 3.80. The van der Waals surface area contributed by atoms with Gasteiger partial charge in [-0.25, -0.2) is 0 Å². The number of ether oxygens (including phenoxy) is 1. The Kier molecular flexibility index (Phi) is 4.54. The number of benzene rings is 2. The van der Waals surface area contributed by atoms with Gasteiger partial charge < -0.3 is 4.74 Å². The summed E-state index contributed by atoms with van der Waals surface area (Å²) >= 11 is 0. The van der Waals surface area contributed by atoms with E-state index < -0.39 is 17.7 Å². The summed E-state index contributed by atoms with van der Waals surface area (Å²) < 4.78 is 44.7. The van der Waals surface area contributed by atoms with Crippen LogP contribution in [0.3, 0.4) is 0 Å². The predicted molar refractivity (Wildman–Crippen MR) is 90.4 cm³/mol. The zero-order valence-corrected chi connectivity index (χ0v) is 14.0. The highest BCUT2D eigenvalue weighted by Gasteiger charge is 2.30. The van der Waals surface area contributed by atoms with Crippen molar-refractivity contribution in [1.29, 1.82) is 0 Å². The lowest BCUT2D eigenvalue weighted by Gasteiger charge is -2.07. The predicted octanol–water partition coefficient (Wildman–Crippen LogP) is 4.70. The van der Waals surface area contributed by atoms with E-state index in [1.165, 1.54) is 19.1 Å². The molecule has 0 N–H and O–H groups in total. The van der Waals surface area contributed by atoms with Gasteiger partial charge in [-0.3, -0.25) is 9.48 Å². The maximum atomic E-state index is 12.7. The van der Waals surface area contributed by atoms with E-state index in [-0.39, 0.29) is 0 Å². The zero-order valence-electron chi connectivity index (χ0n) is 14.0. The summed E-state index contributed by atoms with van der Waals surface area (Å²) in [5.74, 6) is 0.0281. The minimum absolute atomic E-state index is 0.403. The molecule has 0 saturated heterocycles. The number of aryl methyl sites for hydroxylation is 1. The molecule has 2 aromatic carbocycles. The van der Waals surface area contributed by atoms with Crippen molar-refractivity contribution in [2.75, 3.05) is 0 Å². The van der Waals surface area contributed by atoms with Crippen LogP contribution in [-0.4, -0.2) is 15.7 Å². The lowest BCUT2D eigenvalue weighted by Crippen LogP contribution is -2.04. The molecule has 0 spiro atoms. The van der Waals surface area contributed by atoms with Crippen LogP contribution in [0.25, 0.3) is 22.5 Å². The third-order valence-corrected chi connectivity index (χ3v) is 3.80. The molecule has 1 heterocycles. The summed E-state index contributed by atoms with van der Waals surface area (Å²) in [5.41, 5.74) is 2.10. The Morgan fingerprint density at radius 1 is 1.00 bits per heavy atom. The van der Waals surface area contributed by atoms with E-state index in [0.717, 1.165) is 17.7 Å². The smallest absolute Gasteiger partial charge is 0.416 e. The van der Waals surface area contributed by atoms with Crippen molar-refractivity contribution < 1.29 is 22.7 Å². The van der Waals surface area contributed by atoms with Crippen LogP contribution in [0.1, 0.15) is 12.5 Å². The number of hydrogen-bond acceptors (Lipinski definition) is 3. The Hall–Kier alpha value is -3.09. The standard InChI is InChI=1S/C19H15F3N2O2/c1-12(25)26-16-9-5-13(6-10-16)17-11-18(24(2)23-17)14-3-7-15(8-4-14)19(20,21)22/h3-11H,1-2H3. The third kappa shape index (κ3) is 3.77. The second-order valence-corrected chi connectivity index (χ2v) is 5.73. The molecule has 0 fully saturated rings. The highest BCUT2D eigenvalue weighted by molar-refractivity contribution is 5.71. The van der Waals surface area contributed by atoms with Crippen LogP contribution in [0.2, 0.25) is 0 Å². The second kappa shape index (κ2) is 6.67. The van der Waals surface area contributed by atoms with Crippen LogP contribution in [-0.2, 0) is 18.0 Å². The van der Waals surface area contributed by atoms with E-state index in [1.54, 1.807) is 42.1 Å². The van der Waals surface area contributed by atoms with Crippen molar-refractivity contribution in [3.8, 4) is 28.3 Å². The van der Waals surface area contributed by atoms with Crippen molar-refractivity contribution in [1.82, 2.24) is 9.78 Å². The zero-order chi connectivity index (χ0) is 18.9. The molecule has 0 aliphatic rings. The average Bonchev–Trinajstić information content (AvgIpc) is 2.96. The molecule has 26 heavy (non-hydrogen) atoms. The van der Waals surface area contributed by atoms with Gasteiger partial charge in [-0.15, -0.1) is 0 Å². The van der Waals surface area contributed by atoms with Gasteiger partial charge in [-0.05, 0) is 48.0 Å². The fraction of sp³-hybridized carbons (Fsp3) is 0.158. The van der Waals surface area contributed by atoms with Gasteiger partial charge in [0, 0.05) is 19.5 Å². The first-order valence-electron chi connectivity index (χ1n) is 7.74. The first-order valence-corrected chi connectivity index (χ1v) is 7.74. The van der Waals surface area contributed by atoms with Gasteiger partial charge in [-0.2, -0.15) is 18.3 Å². The normalized spacial score (nSPS) is 11.4. The fourth-order valence-corrected chi connectivity index (χ4v) is 2.57. The lowest BCUT2D eigenvalue weighted by molar-refractivity contribution is -0.137. The van der Waals surface area contributed by atoms with Crippen LogP contribution in [0, 0.1) is 0 Å². The van der Waals surface area contributed by atoms with Gasteiger partial charge in [0.05, 0.1) is 17.0 Å². The molecule has 0 saturated carbocycles. The van der Waals surface area contributed by atoms with E-state index in [0.29, 0.717) is 22.7 Å². The molecule has 0 bridgehead atoms. The lowest BCUT2D eigenvalue weighted by atomic mass is 10.1. The maximum Gasteiger partial charge on any atom is 0.416 e. The van der Waals surface area contributed by atoms with Gasteiger partial charge in [0.25, 0.3) is 0 Å². The number of esters is 1. The first-order chi connectivity index (χ1) is 12.2. The number of carbonyl (C=O) groups excluding carboxylic acids is 1. The molecular weight excluding hydrogens is 345 g/mol. The summed E-state index contributed by atoms with van der Waals surface area (Å²) in [6.07, 6.45) is -4.36. The number of alkyl halides is 3. The van der Waals surface area contributed by atoms with Crippen molar-refractivity contribution in [2.45, 2.75) is 13.1 Å². The second-order valence-electron chi connectivity index (χ2n) is 5.73. The van der Waals surface area contributed by atoms with E-state index in [9.17, 15) is 18.0 Å². The van der Waals surface area contributed by atoms with Gasteiger partial charge in [0.1, 0.15) is 5.75 Å². The number of halogens is 3. The largest absolute Gasteiger partial charge is 0.427 e. The molecule has 134 valence electrons. The number of carbonyl (C=O) groups is 1. The van der Waals surface area contributed by atoms with Crippen molar-refractivity contribution in [2.24, 2.45) is 7.05 Å². The molecule has 0 aliphatic carbocycles. The number of aromatic nitrogens is 2. The highest BCUT2D eigenvalue weighted by Crippen LogP contribution is 2.32. The van der Waals surface area contributed by atoms with Gasteiger partial charge in [0.15, 0.2) is 0 Å². The Balaban J connectivity index is 1.88. The molecule has 0 unspecified atom stereocenters. The minimum atomic E-state index is -4.36. The van der Waals surface area contributed by atoms with Crippen molar-refractivity contribution in [3.63, 3.8) is 0 Å². The number of nitrogens with zero attached hydrogens (tertiary/aromatic N) is 2. The van der Waals surface area contributed by atoms with E-state index in [1.807, 2.05) is 0 Å². The summed E-state index contributed by atoms with van der Waals surface area (Å²) in [7, 11) is 1.73. The van der Waals surface area contributed by atoms with Gasteiger partial charge >= 0.3 is 12.1 Å². The van der Waals surface area contributed by atoms with Crippen molar-refractivity contribution in [3.05, 3.63) is 60.2 Å². The van der Waals surface area contributed by atoms with Crippen LogP contribution in [0.4, 0.5) is 13.2 Å². The minimum Gasteiger partial charge on any atom is -0.427 e. The topological polar surface area (TPSA) is 44.1 Å². The highest BCUT2D eigenvalue weighted by atomic mass is 19.4. The summed E-state index contributed by atoms with van der Waals surface area (Å²) in [4.78, 5) is 11.0. The number of rotatable bonds is 3. The van der Waals surface area contributed by atoms with E-state index >= 15 is 0 Å². The fourth-order valence-electron chi connectivity index (χ4n) is 2.57. The Morgan fingerprint density at radius 2 is 1.58 bits per heavy atom. The molecule has 3 rings (SSSR count). The van der Waals surface area contributed by atoms with Gasteiger partial charge in [-0.1, -0.05) is 12.1 Å². The average molecular weight is 360 g/mol. The Labute approximate surface area is 147 Å². The van der Waals surface area contributed by atoms with Crippen LogP contribution in [0.5, 0.6) is 5.75 Å². The van der Waals surface area contributed by atoms with E-state index in [2.05, 4.69) is 5.10 Å². The molecular formula is C19H15F3N2O2. The summed E-state index contributed by atoms with van der Waals surface area (Å²) in [6, 6.07) is 13.6. The molecule has 4 nitrogen and oxygen atoms in total. The van der Waals surface area contributed by atoms with Crippen LogP contribution in [0.15, 0.2) is 54.6 Å². The summed E-state index contributed by atoms with van der Waals surface area (Å²) in [6.45, 7) is 1.32. The van der Waals surface area contributed by atoms with Crippen LogP contribution >= 0.6 is 0 Å². The quantitative estimate of drug-likeness (QED) is 0.502. The van der Waals surface area contributed by atoms with E-state index in [4.69, 9.17) is 4.74 Å². The monoisotopic (exact) mass is 360 g/mol. The number of hydrogen-bond donors (Lipinski definition) is 0. The molecule has 0 radical (unpaired) electrons. The molecule has 7 heteroatoms. The SMILES string of the molecule is CC(=O)Oc1ccc(-c2cc(-c3ccc(C(F)(F)F)cc3)n(C)n2)cc1. The van der Waals surface area contributed by atoms with Gasteiger partial charge in [0.2, 0.25) is 0 Å². The molecule has 0 amide bonds. The molecule has 3 aromatic rings. The molecule has 0 aliphatic heterocycles. The van der Waals surface area contributed by atoms with Crippen molar-refractivity contribution >= 4 is 5.97 Å². The Bertz CT molecular complexity index is 927. The van der Waals surface area contributed by atoms with Crippen LogP contribution < -0.4 is 4.74 Å². The Morgan fingerprint density at radius 3 is 2.12 bits per heavy atom. The molecule has 1 aromatic heterocycles. The maximum absolute atomic E-state index is 12.7. The first kappa shape index (κ1) is 17.7. The molecule has 0 atom stereocenters.